The lowest BCUT2D eigenvalue weighted by atomic mass is 10.2. The molecule has 0 saturated carbocycles. The van der Waals surface area contributed by atoms with E-state index in [0.717, 1.165) is 5.56 Å². The zero-order valence-electron chi connectivity index (χ0n) is 16.8. The molecule has 0 radical (unpaired) electrons. The van der Waals surface area contributed by atoms with Gasteiger partial charge in [-0.3, -0.25) is 9.36 Å². The molecule has 32 heavy (non-hydrogen) atoms. The molecule has 0 atom stereocenters. The molecule has 0 amide bonds. The van der Waals surface area contributed by atoms with Crippen molar-refractivity contribution in [2.24, 2.45) is 5.10 Å². The quantitative estimate of drug-likeness (QED) is 0.338. The number of nitrogens with zero attached hydrogens (tertiary/aromatic N) is 2. The molecular weight excluding hydrogens is 453 g/mol. The molecule has 0 unspecified atom stereocenters. The number of para-hydroxylation sites is 1. The highest BCUT2D eigenvalue weighted by Crippen LogP contribution is 2.29. The van der Waals surface area contributed by atoms with Crippen molar-refractivity contribution in [3.63, 3.8) is 0 Å². The van der Waals surface area contributed by atoms with Crippen molar-refractivity contribution in [1.82, 2.24) is 9.40 Å². The Morgan fingerprint density at radius 2 is 1.69 bits per heavy atom. The second-order valence-electron chi connectivity index (χ2n) is 7.04. The average Bonchev–Trinajstić information content (AvgIpc) is 3.05. The van der Waals surface area contributed by atoms with Gasteiger partial charge in [0, 0.05) is 16.5 Å². The Balaban J connectivity index is 1.71. The fourth-order valence-corrected chi connectivity index (χ4v) is 4.32. The number of hydrazone groups is 1. The van der Waals surface area contributed by atoms with Crippen molar-refractivity contribution in [1.29, 1.82) is 0 Å². The zero-order valence-corrected chi connectivity index (χ0v) is 18.4. The minimum absolute atomic E-state index is 0.0545. The van der Waals surface area contributed by atoms with Crippen molar-refractivity contribution in [2.75, 3.05) is 0 Å². The van der Waals surface area contributed by atoms with E-state index in [-0.39, 0.29) is 15.6 Å². The Labute approximate surface area is 189 Å². The van der Waals surface area contributed by atoms with Gasteiger partial charge in [0.1, 0.15) is 11.0 Å². The van der Waals surface area contributed by atoms with Crippen molar-refractivity contribution < 1.29 is 17.6 Å². The smallest absolute Gasteiger partial charge is 0.268 e. The molecule has 0 bridgehead atoms. The van der Waals surface area contributed by atoms with E-state index in [1.54, 1.807) is 36.4 Å². The number of aromatic nitrogens is 1. The molecule has 0 fully saturated rings. The molecule has 1 heterocycles. The third-order valence-corrected chi connectivity index (χ3v) is 6.46. The Hall–Kier alpha value is -3.49. The van der Waals surface area contributed by atoms with Gasteiger partial charge >= 0.3 is 0 Å². The summed E-state index contributed by atoms with van der Waals surface area (Å²) in [6.07, 6.45) is 1.25. The first kappa shape index (κ1) is 21.7. The standard InChI is InChI=1S/C23H17ClFN3O3S/c1-15-6-12-18(13-7-15)32(30,31)27-26-14-20-19-4-2-3-5-21(19)28(22(20)24)23(29)16-8-10-17(25)11-9-16/h2-14,27H,1H3. The highest BCUT2D eigenvalue weighted by molar-refractivity contribution is 7.89. The third-order valence-electron chi connectivity index (χ3n) is 4.85. The summed E-state index contributed by atoms with van der Waals surface area (Å²) in [5.74, 6) is -0.912. The predicted molar refractivity (Wildman–Crippen MR) is 122 cm³/mol. The van der Waals surface area contributed by atoms with Crippen molar-refractivity contribution in [3.8, 4) is 0 Å². The van der Waals surface area contributed by atoms with Crippen LogP contribution in [0.4, 0.5) is 4.39 Å². The second-order valence-corrected chi connectivity index (χ2v) is 9.05. The summed E-state index contributed by atoms with van der Waals surface area (Å²) in [6, 6.07) is 18.4. The number of hydrogen-bond acceptors (Lipinski definition) is 4. The average molecular weight is 470 g/mol. The number of benzene rings is 3. The van der Waals surface area contributed by atoms with Crippen LogP contribution < -0.4 is 4.83 Å². The molecule has 9 heteroatoms. The van der Waals surface area contributed by atoms with Crippen LogP contribution in [0.2, 0.25) is 5.15 Å². The minimum atomic E-state index is -3.87. The first-order valence-electron chi connectivity index (χ1n) is 9.49. The zero-order chi connectivity index (χ0) is 22.9. The number of aryl methyl sites for hydroxylation is 1. The Morgan fingerprint density at radius 1 is 1.03 bits per heavy atom. The molecular formula is C23H17ClFN3O3S. The van der Waals surface area contributed by atoms with Gasteiger partial charge in [-0.25, -0.2) is 9.22 Å². The maximum Gasteiger partial charge on any atom is 0.276 e. The van der Waals surface area contributed by atoms with E-state index in [2.05, 4.69) is 9.93 Å². The van der Waals surface area contributed by atoms with E-state index >= 15 is 0 Å². The van der Waals surface area contributed by atoms with E-state index in [9.17, 15) is 17.6 Å². The van der Waals surface area contributed by atoms with Gasteiger partial charge in [-0.15, -0.1) is 0 Å². The fraction of sp³-hybridized carbons (Fsp3) is 0.0435. The van der Waals surface area contributed by atoms with Gasteiger partial charge in [0.15, 0.2) is 0 Å². The fourth-order valence-electron chi connectivity index (χ4n) is 3.21. The molecule has 4 rings (SSSR count). The van der Waals surface area contributed by atoms with Crippen LogP contribution in [0.5, 0.6) is 0 Å². The lowest BCUT2D eigenvalue weighted by molar-refractivity contribution is 0.0965. The highest BCUT2D eigenvalue weighted by atomic mass is 35.5. The van der Waals surface area contributed by atoms with Crippen LogP contribution in [0.1, 0.15) is 21.5 Å². The number of nitrogens with one attached hydrogen (secondary N) is 1. The monoisotopic (exact) mass is 469 g/mol. The number of fused-ring (bicyclic) bond motifs is 1. The van der Waals surface area contributed by atoms with Crippen LogP contribution in [-0.4, -0.2) is 25.1 Å². The molecule has 162 valence electrons. The molecule has 1 N–H and O–H groups in total. The first-order valence-corrected chi connectivity index (χ1v) is 11.3. The molecule has 0 aliphatic heterocycles. The van der Waals surface area contributed by atoms with Gasteiger partial charge in [0.25, 0.3) is 15.9 Å². The predicted octanol–water partition coefficient (Wildman–Crippen LogP) is 4.74. The third kappa shape index (κ3) is 4.15. The largest absolute Gasteiger partial charge is 0.276 e. The number of carbonyl (C=O) groups excluding carboxylic acids is 1. The van der Waals surface area contributed by atoms with Gasteiger partial charge in [0.2, 0.25) is 0 Å². The van der Waals surface area contributed by atoms with Crippen LogP contribution in [0.25, 0.3) is 10.9 Å². The molecule has 0 saturated heterocycles. The van der Waals surface area contributed by atoms with Crippen molar-refractivity contribution in [2.45, 2.75) is 11.8 Å². The van der Waals surface area contributed by atoms with Gasteiger partial charge in [-0.2, -0.15) is 13.5 Å². The van der Waals surface area contributed by atoms with Crippen LogP contribution in [0, 0.1) is 12.7 Å². The minimum Gasteiger partial charge on any atom is -0.268 e. The lowest BCUT2D eigenvalue weighted by Crippen LogP contribution is -2.18. The van der Waals surface area contributed by atoms with Crippen molar-refractivity contribution in [3.05, 3.63) is 100 Å². The van der Waals surface area contributed by atoms with E-state index < -0.39 is 21.7 Å². The lowest BCUT2D eigenvalue weighted by Gasteiger charge is -2.06. The van der Waals surface area contributed by atoms with E-state index in [1.165, 1.54) is 47.2 Å². The summed E-state index contributed by atoms with van der Waals surface area (Å²) in [4.78, 5) is 15.3. The topological polar surface area (TPSA) is 80.5 Å². The SMILES string of the molecule is Cc1ccc(S(=O)(=O)NN=Cc2c(Cl)n(C(=O)c3ccc(F)cc3)c3ccccc23)cc1. The van der Waals surface area contributed by atoms with Crippen LogP contribution in [-0.2, 0) is 10.0 Å². The van der Waals surface area contributed by atoms with Gasteiger partial charge in [0.05, 0.1) is 16.6 Å². The number of sulfonamides is 1. The van der Waals surface area contributed by atoms with Gasteiger partial charge in [-0.1, -0.05) is 47.5 Å². The van der Waals surface area contributed by atoms with E-state index in [0.29, 0.717) is 16.5 Å². The van der Waals surface area contributed by atoms with Gasteiger partial charge in [-0.05, 0) is 49.4 Å². The maximum absolute atomic E-state index is 13.2. The Bertz CT molecular complexity index is 1440. The Morgan fingerprint density at radius 3 is 2.38 bits per heavy atom. The summed E-state index contributed by atoms with van der Waals surface area (Å²) in [5, 5.41) is 4.52. The molecule has 0 aliphatic rings. The summed E-state index contributed by atoms with van der Waals surface area (Å²) >= 11 is 6.51. The molecule has 6 nitrogen and oxygen atoms in total. The Kier molecular flexibility index (Phi) is 5.82. The van der Waals surface area contributed by atoms with Crippen LogP contribution in [0.3, 0.4) is 0 Å². The molecule has 1 aromatic heterocycles. The van der Waals surface area contributed by atoms with Crippen LogP contribution in [0.15, 0.2) is 82.8 Å². The molecule has 4 aromatic rings. The molecule has 0 spiro atoms. The summed E-state index contributed by atoms with van der Waals surface area (Å²) in [5.41, 5.74) is 2.05. The number of hydrogen-bond donors (Lipinski definition) is 1. The number of carbonyl (C=O) groups is 1. The molecule has 3 aromatic carbocycles. The second kappa shape index (κ2) is 8.57. The summed E-state index contributed by atoms with van der Waals surface area (Å²) in [6.45, 7) is 1.85. The normalized spacial score (nSPS) is 11.8. The van der Waals surface area contributed by atoms with E-state index in [4.69, 9.17) is 11.6 Å². The summed E-state index contributed by atoms with van der Waals surface area (Å²) < 4.78 is 39.4. The van der Waals surface area contributed by atoms with Crippen molar-refractivity contribution >= 4 is 44.6 Å². The molecule has 0 aliphatic carbocycles. The maximum atomic E-state index is 13.2. The number of halogens is 2. The van der Waals surface area contributed by atoms with E-state index in [1.807, 2.05) is 6.92 Å². The summed E-state index contributed by atoms with van der Waals surface area (Å²) in [7, 11) is -3.87. The number of rotatable bonds is 5. The highest BCUT2D eigenvalue weighted by Gasteiger charge is 2.20. The van der Waals surface area contributed by atoms with Crippen LogP contribution >= 0.6 is 11.6 Å². The van der Waals surface area contributed by atoms with Gasteiger partial charge < -0.3 is 0 Å². The first-order chi connectivity index (χ1) is 15.3.